The molecule has 0 spiro atoms. The van der Waals surface area contributed by atoms with Gasteiger partial charge in [0.1, 0.15) is 0 Å². The number of nitrogens with one attached hydrogen (secondary N) is 1. The zero-order valence-electron chi connectivity index (χ0n) is 10.4. The lowest BCUT2D eigenvalue weighted by Crippen LogP contribution is -2.44. The van der Waals surface area contributed by atoms with Gasteiger partial charge in [0.15, 0.2) is 0 Å². The molecular formula is C14H16F3NO. The number of hydrogen-bond acceptors (Lipinski definition) is 1. The smallest absolute Gasteiger partial charge is 0.346 e. The largest absolute Gasteiger partial charge is 0.471 e. The Hall–Kier alpha value is -1.52. The minimum absolute atomic E-state index is 0.353. The molecular weight excluding hydrogens is 255 g/mol. The van der Waals surface area contributed by atoms with E-state index in [4.69, 9.17) is 0 Å². The third kappa shape index (κ3) is 3.72. The summed E-state index contributed by atoms with van der Waals surface area (Å²) in [4.78, 5) is 10.8. The van der Waals surface area contributed by atoms with Crippen LogP contribution in [-0.2, 0) is 4.79 Å². The summed E-state index contributed by atoms with van der Waals surface area (Å²) in [6.07, 6.45) is -1.96. The predicted octanol–water partition coefficient (Wildman–Crippen LogP) is 3.39. The number of alkyl halides is 3. The van der Waals surface area contributed by atoms with Crippen LogP contribution < -0.4 is 5.32 Å². The summed E-state index contributed by atoms with van der Waals surface area (Å²) in [6, 6.07) is 9.60. The first-order chi connectivity index (χ1) is 8.97. The Labute approximate surface area is 110 Å². The van der Waals surface area contributed by atoms with E-state index < -0.39 is 12.1 Å². The van der Waals surface area contributed by atoms with Crippen LogP contribution in [0.4, 0.5) is 13.2 Å². The van der Waals surface area contributed by atoms with Crippen molar-refractivity contribution in [1.29, 1.82) is 0 Å². The number of halogens is 3. The highest BCUT2D eigenvalue weighted by Crippen LogP contribution is 2.33. The Bertz CT molecular complexity index is 422. The van der Waals surface area contributed by atoms with Gasteiger partial charge < -0.3 is 5.32 Å². The van der Waals surface area contributed by atoms with Gasteiger partial charge in [-0.05, 0) is 37.2 Å². The normalized spacial score (nSPS) is 23.9. The van der Waals surface area contributed by atoms with Gasteiger partial charge in [0.25, 0.3) is 0 Å². The van der Waals surface area contributed by atoms with Crippen molar-refractivity contribution in [2.45, 2.75) is 43.8 Å². The van der Waals surface area contributed by atoms with E-state index >= 15 is 0 Å². The summed E-state index contributed by atoms with van der Waals surface area (Å²) in [5, 5.41) is 2.07. The lowest BCUT2D eigenvalue weighted by molar-refractivity contribution is -0.174. The summed E-state index contributed by atoms with van der Waals surface area (Å²) < 4.78 is 36.4. The molecule has 0 heterocycles. The summed E-state index contributed by atoms with van der Waals surface area (Å²) in [7, 11) is 0. The summed E-state index contributed by atoms with van der Waals surface area (Å²) in [6.45, 7) is 0. The lowest BCUT2D eigenvalue weighted by atomic mass is 9.82. The maximum atomic E-state index is 12.1. The van der Waals surface area contributed by atoms with Crippen molar-refractivity contribution >= 4 is 5.91 Å². The van der Waals surface area contributed by atoms with E-state index in [-0.39, 0.29) is 6.04 Å². The van der Waals surface area contributed by atoms with Crippen molar-refractivity contribution in [2.75, 3.05) is 0 Å². The fourth-order valence-corrected chi connectivity index (χ4v) is 2.56. The third-order valence-corrected chi connectivity index (χ3v) is 3.59. The molecule has 2 nitrogen and oxygen atoms in total. The van der Waals surface area contributed by atoms with Crippen molar-refractivity contribution in [3.63, 3.8) is 0 Å². The highest BCUT2D eigenvalue weighted by Gasteiger charge is 2.40. The van der Waals surface area contributed by atoms with Crippen LogP contribution in [0.15, 0.2) is 30.3 Å². The van der Waals surface area contributed by atoms with Crippen molar-refractivity contribution in [1.82, 2.24) is 5.32 Å². The zero-order valence-corrected chi connectivity index (χ0v) is 10.4. The molecule has 0 saturated heterocycles. The van der Waals surface area contributed by atoms with Crippen LogP contribution in [0.3, 0.4) is 0 Å². The number of rotatable bonds is 2. The summed E-state index contributed by atoms with van der Waals surface area (Å²) >= 11 is 0. The molecule has 104 valence electrons. The van der Waals surface area contributed by atoms with E-state index in [0.717, 1.165) is 12.8 Å². The molecule has 1 aliphatic rings. The van der Waals surface area contributed by atoms with E-state index in [2.05, 4.69) is 5.32 Å². The van der Waals surface area contributed by atoms with Crippen LogP contribution in [-0.4, -0.2) is 18.1 Å². The Balaban J connectivity index is 1.85. The second-order valence-corrected chi connectivity index (χ2v) is 4.93. The first-order valence-corrected chi connectivity index (χ1v) is 6.39. The second kappa shape index (κ2) is 5.63. The fourth-order valence-electron chi connectivity index (χ4n) is 2.56. The second-order valence-electron chi connectivity index (χ2n) is 4.93. The molecule has 19 heavy (non-hydrogen) atoms. The summed E-state index contributed by atoms with van der Waals surface area (Å²) in [5.74, 6) is -1.43. The third-order valence-electron chi connectivity index (χ3n) is 3.59. The molecule has 0 bridgehead atoms. The van der Waals surface area contributed by atoms with Crippen LogP contribution in [0.2, 0.25) is 0 Å². The van der Waals surface area contributed by atoms with Gasteiger partial charge in [0.2, 0.25) is 0 Å². The van der Waals surface area contributed by atoms with E-state index in [1.54, 1.807) is 0 Å². The van der Waals surface area contributed by atoms with Gasteiger partial charge >= 0.3 is 12.1 Å². The number of benzene rings is 1. The number of carbonyl (C=O) groups excluding carboxylic acids is 1. The number of amides is 1. The molecule has 1 aliphatic carbocycles. The van der Waals surface area contributed by atoms with Gasteiger partial charge in [-0.15, -0.1) is 0 Å². The topological polar surface area (TPSA) is 29.1 Å². The van der Waals surface area contributed by atoms with Gasteiger partial charge in [-0.1, -0.05) is 30.3 Å². The molecule has 2 rings (SSSR count). The SMILES string of the molecule is O=C(NC1CCC(c2ccccc2)CC1)C(F)(F)F. The molecule has 5 heteroatoms. The van der Waals surface area contributed by atoms with Gasteiger partial charge in [-0.25, -0.2) is 0 Å². The molecule has 1 aromatic rings. The van der Waals surface area contributed by atoms with Crippen LogP contribution in [0.5, 0.6) is 0 Å². The maximum absolute atomic E-state index is 12.1. The zero-order chi connectivity index (χ0) is 13.9. The van der Waals surface area contributed by atoms with Gasteiger partial charge in [0, 0.05) is 6.04 Å². The number of hydrogen-bond donors (Lipinski definition) is 1. The van der Waals surface area contributed by atoms with Gasteiger partial charge in [-0.3, -0.25) is 4.79 Å². The lowest BCUT2D eigenvalue weighted by Gasteiger charge is -2.29. The molecule has 0 unspecified atom stereocenters. The molecule has 1 saturated carbocycles. The van der Waals surface area contributed by atoms with Gasteiger partial charge in [0.05, 0.1) is 0 Å². The van der Waals surface area contributed by atoms with Crippen molar-refractivity contribution in [2.24, 2.45) is 0 Å². The summed E-state index contributed by atoms with van der Waals surface area (Å²) in [5.41, 5.74) is 1.23. The van der Waals surface area contributed by atoms with Crippen LogP contribution in [0, 0.1) is 0 Å². The minimum atomic E-state index is -4.78. The Morgan fingerprint density at radius 3 is 2.16 bits per heavy atom. The average molecular weight is 271 g/mol. The highest BCUT2D eigenvalue weighted by molar-refractivity contribution is 5.81. The monoisotopic (exact) mass is 271 g/mol. The Morgan fingerprint density at radius 2 is 1.63 bits per heavy atom. The molecule has 1 fully saturated rings. The molecule has 0 radical (unpaired) electrons. The molecule has 1 aromatic carbocycles. The predicted molar refractivity (Wildman–Crippen MR) is 65.6 cm³/mol. The van der Waals surface area contributed by atoms with E-state index in [1.807, 2.05) is 30.3 Å². The van der Waals surface area contributed by atoms with E-state index in [9.17, 15) is 18.0 Å². The average Bonchev–Trinajstić information content (AvgIpc) is 2.39. The number of carbonyl (C=O) groups is 1. The highest BCUT2D eigenvalue weighted by atomic mass is 19.4. The molecule has 0 aliphatic heterocycles. The Kier molecular flexibility index (Phi) is 4.12. The minimum Gasteiger partial charge on any atom is -0.346 e. The van der Waals surface area contributed by atoms with Crippen molar-refractivity contribution in [3.8, 4) is 0 Å². The Morgan fingerprint density at radius 1 is 1.05 bits per heavy atom. The van der Waals surface area contributed by atoms with E-state index in [0.29, 0.717) is 18.8 Å². The fraction of sp³-hybridized carbons (Fsp3) is 0.500. The standard InChI is InChI=1S/C14H16F3NO/c15-14(16,17)13(19)18-12-8-6-11(7-9-12)10-4-2-1-3-5-10/h1-5,11-12H,6-9H2,(H,18,19). The van der Waals surface area contributed by atoms with Crippen LogP contribution in [0.25, 0.3) is 0 Å². The van der Waals surface area contributed by atoms with Crippen LogP contribution in [0.1, 0.15) is 37.2 Å². The van der Waals surface area contributed by atoms with Crippen LogP contribution >= 0.6 is 0 Å². The molecule has 0 aromatic heterocycles. The quantitative estimate of drug-likeness (QED) is 0.877. The molecule has 1 N–H and O–H groups in total. The van der Waals surface area contributed by atoms with Crippen molar-refractivity contribution in [3.05, 3.63) is 35.9 Å². The molecule has 0 atom stereocenters. The molecule has 1 amide bonds. The first-order valence-electron chi connectivity index (χ1n) is 6.39. The first kappa shape index (κ1) is 13.9. The maximum Gasteiger partial charge on any atom is 0.471 e. The van der Waals surface area contributed by atoms with Gasteiger partial charge in [-0.2, -0.15) is 13.2 Å². The van der Waals surface area contributed by atoms with Crippen molar-refractivity contribution < 1.29 is 18.0 Å². The van der Waals surface area contributed by atoms with E-state index in [1.165, 1.54) is 5.56 Å².